The lowest BCUT2D eigenvalue weighted by Gasteiger charge is -2.13. The van der Waals surface area contributed by atoms with Crippen LogP contribution >= 0.6 is 0 Å². The third-order valence-electron chi connectivity index (χ3n) is 2.03. The second kappa shape index (κ2) is 5.37. The van der Waals surface area contributed by atoms with Crippen molar-refractivity contribution in [2.24, 2.45) is 11.1 Å². The summed E-state index contributed by atoms with van der Waals surface area (Å²) in [6.45, 7) is 4.35. The average Bonchev–Trinajstić information content (AvgIpc) is 2.24. The Morgan fingerprint density at radius 2 is 2.00 bits per heavy atom. The predicted octanol–water partition coefficient (Wildman–Crippen LogP) is 1.38. The Morgan fingerprint density at radius 3 is 2.47 bits per heavy atom. The molecule has 0 saturated heterocycles. The van der Waals surface area contributed by atoms with Gasteiger partial charge in [0.1, 0.15) is 16.4 Å². The molecule has 0 aliphatic heterocycles. The molecule has 17 heavy (non-hydrogen) atoms. The number of rotatable bonds is 5. The van der Waals surface area contributed by atoms with Crippen molar-refractivity contribution in [3.63, 3.8) is 0 Å². The Kier molecular flexibility index (Phi) is 4.36. The van der Waals surface area contributed by atoms with Gasteiger partial charge in [0, 0.05) is 6.07 Å². The van der Waals surface area contributed by atoms with Crippen LogP contribution in [0.1, 0.15) is 13.8 Å². The second-order valence-corrected chi connectivity index (χ2v) is 5.59. The zero-order valence-corrected chi connectivity index (χ0v) is 11.0. The van der Waals surface area contributed by atoms with Crippen molar-refractivity contribution in [3.8, 4) is 11.5 Å². The topological polar surface area (TPSA) is 78.6 Å². The van der Waals surface area contributed by atoms with E-state index in [9.17, 15) is 8.42 Å². The molecule has 2 N–H and O–H groups in total. The molecule has 0 aliphatic carbocycles. The summed E-state index contributed by atoms with van der Waals surface area (Å²) in [6.07, 6.45) is 0. The number of nitrogens with two attached hydrogens (primary N) is 1. The van der Waals surface area contributed by atoms with Crippen molar-refractivity contribution in [1.82, 2.24) is 0 Å². The molecule has 0 heterocycles. The monoisotopic (exact) mass is 259 g/mol. The number of ether oxygens (including phenoxy) is 2. The fraction of sp³-hybridized carbons (Fsp3) is 0.455. The van der Waals surface area contributed by atoms with Gasteiger partial charge < -0.3 is 9.47 Å². The van der Waals surface area contributed by atoms with Crippen LogP contribution in [0.4, 0.5) is 0 Å². The molecule has 0 spiro atoms. The fourth-order valence-electron chi connectivity index (χ4n) is 1.22. The molecule has 0 fully saturated rings. The highest BCUT2D eigenvalue weighted by atomic mass is 32.2. The zero-order chi connectivity index (χ0) is 13.1. The second-order valence-electron chi connectivity index (χ2n) is 4.06. The van der Waals surface area contributed by atoms with E-state index in [0.717, 1.165) is 0 Å². The highest BCUT2D eigenvalue weighted by Crippen LogP contribution is 2.28. The molecule has 0 bridgehead atoms. The van der Waals surface area contributed by atoms with Gasteiger partial charge in [-0.15, -0.1) is 0 Å². The van der Waals surface area contributed by atoms with Crippen molar-refractivity contribution in [1.29, 1.82) is 0 Å². The van der Waals surface area contributed by atoms with E-state index >= 15 is 0 Å². The molecule has 5 nitrogen and oxygen atoms in total. The Bertz CT molecular complexity index is 482. The van der Waals surface area contributed by atoms with E-state index in [0.29, 0.717) is 12.4 Å². The van der Waals surface area contributed by atoms with E-state index < -0.39 is 10.0 Å². The maximum absolute atomic E-state index is 11.4. The van der Waals surface area contributed by atoms with E-state index in [-0.39, 0.29) is 16.6 Å². The Balaban J connectivity index is 3.12. The minimum absolute atomic E-state index is 0.0287. The Hall–Kier alpha value is -1.27. The van der Waals surface area contributed by atoms with Crippen molar-refractivity contribution >= 4 is 10.0 Å². The maximum atomic E-state index is 11.4. The van der Waals surface area contributed by atoms with Crippen LogP contribution in [-0.2, 0) is 10.0 Å². The van der Waals surface area contributed by atoms with Crippen LogP contribution in [0.5, 0.6) is 11.5 Å². The molecule has 1 aromatic carbocycles. The average molecular weight is 259 g/mol. The van der Waals surface area contributed by atoms with Crippen molar-refractivity contribution in [2.75, 3.05) is 13.7 Å². The van der Waals surface area contributed by atoms with Crippen LogP contribution in [0, 0.1) is 5.92 Å². The standard InChI is InChI=1S/C11H17NO4S/c1-8(2)7-16-10-6-9(15-3)4-5-11(10)17(12,13)14/h4-6,8H,7H2,1-3H3,(H2,12,13,14). The molecule has 0 aromatic heterocycles. The highest BCUT2D eigenvalue weighted by Gasteiger charge is 2.16. The summed E-state index contributed by atoms with van der Waals surface area (Å²) >= 11 is 0. The van der Waals surface area contributed by atoms with Gasteiger partial charge in [-0.25, -0.2) is 13.6 Å². The number of sulfonamides is 1. The van der Waals surface area contributed by atoms with Gasteiger partial charge in [-0.2, -0.15) is 0 Å². The minimum Gasteiger partial charge on any atom is -0.497 e. The third kappa shape index (κ3) is 3.90. The van der Waals surface area contributed by atoms with Gasteiger partial charge in [-0.1, -0.05) is 13.8 Å². The molecule has 0 saturated carbocycles. The van der Waals surface area contributed by atoms with E-state index in [1.54, 1.807) is 0 Å². The van der Waals surface area contributed by atoms with E-state index in [1.807, 2.05) is 13.8 Å². The molecule has 1 rings (SSSR count). The van der Waals surface area contributed by atoms with E-state index in [4.69, 9.17) is 14.6 Å². The van der Waals surface area contributed by atoms with Gasteiger partial charge in [-0.05, 0) is 18.1 Å². The summed E-state index contributed by atoms with van der Waals surface area (Å²) in [5.41, 5.74) is 0. The van der Waals surface area contributed by atoms with Crippen LogP contribution in [0.25, 0.3) is 0 Å². The van der Waals surface area contributed by atoms with Gasteiger partial charge in [0.05, 0.1) is 13.7 Å². The summed E-state index contributed by atoms with van der Waals surface area (Å²) < 4.78 is 33.2. The van der Waals surface area contributed by atoms with Crippen LogP contribution in [-0.4, -0.2) is 22.1 Å². The van der Waals surface area contributed by atoms with Crippen molar-refractivity contribution < 1.29 is 17.9 Å². The van der Waals surface area contributed by atoms with Gasteiger partial charge in [0.25, 0.3) is 0 Å². The highest BCUT2D eigenvalue weighted by molar-refractivity contribution is 7.89. The van der Waals surface area contributed by atoms with Gasteiger partial charge in [0.15, 0.2) is 0 Å². The summed E-state index contributed by atoms with van der Waals surface area (Å²) in [4.78, 5) is -0.0287. The largest absolute Gasteiger partial charge is 0.497 e. The molecule has 0 amide bonds. The van der Waals surface area contributed by atoms with E-state index in [2.05, 4.69) is 0 Å². The molecule has 6 heteroatoms. The quantitative estimate of drug-likeness (QED) is 0.866. The Morgan fingerprint density at radius 1 is 1.35 bits per heavy atom. The zero-order valence-electron chi connectivity index (χ0n) is 10.1. The number of benzene rings is 1. The van der Waals surface area contributed by atoms with Crippen LogP contribution in [0.2, 0.25) is 0 Å². The molecular weight excluding hydrogens is 242 g/mol. The van der Waals surface area contributed by atoms with E-state index in [1.165, 1.54) is 25.3 Å². The van der Waals surface area contributed by atoms with Gasteiger partial charge in [0.2, 0.25) is 10.0 Å². The lowest BCUT2D eigenvalue weighted by molar-refractivity contribution is 0.263. The van der Waals surface area contributed by atoms with Crippen molar-refractivity contribution in [3.05, 3.63) is 18.2 Å². The SMILES string of the molecule is COc1ccc(S(N)(=O)=O)c(OCC(C)C)c1. The van der Waals surface area contributed by atoms with Crippen LogP contribution in [0.3, 0.4) is 0 Å². The van der Waals surface area contributed by atoms with Crippen LogP contribution in [0.15, 0.2) is 23.1 Å². The summed E-state index contributed by atoms with van der Waals surface area (Å²) in [5, 5.41) is 5.11. The lowest BCUT2D eigenvalue weighted by atomic mass is 10.2. The normalized spacial score (nSPS) is 11.6. The molecular formula is C11H17NO4S. The number of hydrogen-bond acceptors (Lipinski definition) is 4. The first kappa shape index (κ1) is 13.8. The number of methoxy groups -OCH3 is 1. The number of primary sulfonamides is 1. The summed E-state index contributed by atoms with van der Waals surface area (Å²) in [7, 11) is -2.29. The molecule has 0 radical (unpaired) electrons. The summed E-state index contributed by atoms with van der Waals surface area (Å²) in [5.74, 6) is 1.03. The minimum atomic E-state index is -3.79. The molecule has 0 atom stereocenters. The van der Waals surface area contributed by atoms with Gasteiger partial charge >= 0.3 is 0 Å². The third-order valence-corrected chi connectivity index (χ3v) is 2.98. The smallest absolute Gasteiger partial charge is 0.241 e. The summed E-state index contributed by atoms with van der Waals surface area (Å²) in [6, 6.07) is 4.42. The number of hydrogen-bond donors (Lipinski definition) is 1. The van der Waals surface area contributed by atoms with Crippen LogP contribution < -0.4 is 14.6 Å². The van der Waals surface area contributed by atoms with Gasteiger partial charge in [-0.3, -0.25) is 0 Å². The fourth-order valence-corrected chi connectivity index (χ4v) is 1.88. The first-order chi connectivity index (χ1) is 7.84. The lowest BCUT2D eigenvalue weighted by Crippen LogP contribution is -2.15. The molecule has 0 unspecified atom stereocenters. The predicted molar refractivity (Wildman–Crippen MR) is 64.7 cm³/mol. The maximum Gasteiger partial charge on any atom is 0.241 e. The molecule has 96 valence electrons. The first-order valence-electron chi connectivity index (χ1n) is 5.18. The molecule has 0 aliphatic rings. The molecule has 1 aromatic rings. The Labute approximate surface area is 102 Å². The first-order valence-corrected chi connectivity index (χ1v) is 6.73. The van der Waals surface area contributed by atoms with Crippen molar-refractivity contribution in [2.45, 2.75) is 18.7 Å².